The summed E-state index contributed by atoms with van der Waals surface area (Å²) in [7, 11) is 0. The number of halogens is 1. The average molecular weight is 1030 g/mol. The number of imidazole rings is 1. The number of nitrogen functional groups attached to an aromatic ring is 1. The summed E-state index contributed by atoms with van der Waals surface area (Å²) in [6.45, 7) is 13.2. The van der Waals surface area contributed by atoms with Gasteiger partial charge in [-0.3, -0.25) is 10.4 Å². The third kappa shape index (κ3) is 11.6. The largest absolute Gasteiger partial charge is 0.693 e. The van der Waals surface area contributed by atoms with Crippen molar-refractivity contribution in [2.45, 2.75) is 33.2 Å². The molecule has 0 unspecified atom stereocenters. The molecule has 4 radical (unpaired) electrons. The van der Waals surface area contributed by atoms with E-state index >= 15 is 0 Å². The molecule has 4 aromatic heterocycles. The van der Waals surface area contributed by atoms with Crippen LogP contribution in [0.1, 0.15) is 41.8 Å². The summed E-state index contributed by atoms with van der Waals surface area (Å²) < 4.78 is 13.9. The number of anilines is 2. The third-order valence-corrected chi connectivity index (χ3v) is 5.96. The van der Waals surface area contributed by atoms with Gasteiger partial charge in [-0.05, 0) is 24.3 Å². The maximum Gasteiger partial charge on any atom is 0.240 e. The fraction of sp³-hybridized carbons (Fsp3) is 0.292. The fourth-order valence-electron chi connectivity index (χ4n) is 3.29. The number of H-pyrrole nitrogens is 1. The molecule has 0 saturated heterocycles. The van der Waals surface area contributed by atoms with Gasteiger partial charge in [0.15, 0.2) is 10.6 Å². The van der Waals surface area contributed by atoms with E-state index in [-0.39, 0.29) is 122 Å². The molecular weight excluding hydrogens is 995 g/mol. The van der Waals surface area contributed by atoms with Crippen molar-refractivity contribution in [3.8, 4) is 0 Å². The number of hydrazine groups is 1. The number of nitrogens with two attached hydrogens (primary N) is 2. The van der Waals surface area contributed by atoms with Crippen molar-refractivity contribution in [3.63, 3.8) is 0 Å². The molecule has 0 aliphatic rings. The van der Waals surface area contributed by atoms with Crippen LogP contribution in [0.15, 0.2) is 31.5 Å². The van der Waals surface area contributed by atoms with E-state index in [9.17, 15) is 4.39 Å². The molecule has 0 fully saturated rings. The molecule has 0 spiro atoms. The van der Waals surface area contributed by atoms with Gasteiger partial charge in [-0.25, -0.2) is 20.2 Å². The minimum Gasteiger partial charge on any atom is -0.693 e. The Kier molecular flexibility index (Phi) is 22.9. The van der Waals surface area contributed by atoms with Gasteiger partial charge in [0, 0.05) is 130 Å². The van der Waals surface area contributed by atoms with Gasteiger partial charge in [-0.1, -0.05) is 38.3 Å². The van der Waals surface area contributed by atoms with Crippen molar-refractivity contribution in [2.24, 2.45) is 5.84 Å². The van der Waals surface area contributed by atoms with Gasteiger partial charge in [0.25, 0.3) is 0 Å². The maximum absolute atomic E-state index is 13.9. The average Bonchev–Trinajstić information content (AvgIpc) is 3.52. The van der Waals surface area contributed by atoms with Gasteiger partial charge >= 0.3 is 0 Å². The van der Waals surface area contributed by atoms with Crippen LogP contribution >= 0.6 is 11.3 Å². The first-order chi connectivity index (χ1) is 17.6. The number of hydrogen-bond donors (Lipinski definition) is 5. The zero-order chi connectivity index (χ0) is 25.9. The van der Waals surface area contributed by atoms with Gasteiger partial charge in [0.1, 0.15) is 17.2 Å². The molecule has 0 aromatic carbocycles. The van der Waals surface area contributed by atoms with Gasteiger partial charge < -0.3 is 21.8 Å². The first-order valence-electron chi connectivity index (χ1n) is 11.6. The fourth-order valence-corrected chi connectivity index (χ4v) is 4.22. The van der Waals surface area contributed by atoms with Crippen molar-refractivity contribution in [2.75, 3.05) is 23.8 Å². The Balaban J connectivity index is 0. The van der Waals surface area contributed by atoms with Crippen LogP contribution in [-0.2, 0) is 72.5 Å². The van der Waals surface area contributed by atoms with Gasteiger partial charge in [0.2, 0.25) is 5.95 Å². The van der Waals surface area contributed by atoms with Crippen LogP contribution in [0.25, 0.3) is 28.6 Å². The molecule has 40 heavy (non-hydrogen) atoms. The summed E-state index contributed by atoms with van der Waals surface area (Å²) in [5.74, 6) is 6.73. The van der Waals surface area contributed by atoms with E-state index in [0.29, 0.717) is 22.6 Å². The molecule has 0 amide bonds. The molecule has 0 saturated carbocycles. The van der Waals surface area contributed by atoms with E-state index < -0.39 is 5.82 Å². The molecular formula is C24H33FN11RaReSY-. The summed E-state index contributed by atoms with van der Waals surface area (Å²) in [5, 5.41) is 7.40. The SMILES string of the molecule is C=Cc1nc(CCNCCc2nc3c(NCc4ncccc4F)nc(NN)nc3s2)[nH]c1C=C.CC.[NH2-].[Ra].[Re].[Y]. The number of thiazole rings is 1. The monoisotopic (exact) mass is 1030 g/mol. The standard InChI is InChI=1S/C22H25FN10S.C2H6.H2N.Ra.Re.Y/c1-3-14-15(4-2)29-17(28-14)7-10-25-11-8-18-30-19-20(31-22(33-24)32-21(19)34-18)27-12-16-13(23)6-5-9-26-16;1-2;;;;/h3-6,9,25H,1-2,7-8,10-12,24H2,(H,28,29)(H2,27,31,32,33);1-2H3;1H2;;;/q;;-1;;;. The zero-order valence-corrected chi connectivity index (χ0v) is 34.9. The van der Waals surface area contributed by atoms with Crippen molar-refractivity contribution >= 4 is 45.6 Å². The number of rotatable bonds is 12. The Bertz CT molecular complexity index is 1300. The van der Waals surface area contributed by atoms with E-state index in [0.717, 1.165) is 41.7 Å². The number of aromatic nitrogens is 6. The van der Waals surface area contributed by atoms with Crippen LogP contribution in [-0.4, -0.2) is 43.0 Å². The topological polar surface area (TPSA) is 176 Å². The molecule has 0 bridgehead atoms. The molecule has 16 heteroatoms. The second-order valence-corrected chi connectivity index (χ2v) is 8.29. The summed E-state index contributed by atoms with van der Waals surface area (Å²) in [6, 6.07) is 2.91. The molecule has 8 N–H and O–H groups in total. The van der Waals surface area contributed by atoms with E-state index in [4.69, 9.17) is 5.84 Å². The molecule has 0 aliphatic heterocycles. The number of aromatic amines is 1. The zero-order valence-electron chi connectivity index (χ0n) is 22.7. The van der Waals surface area contributed by atoms with E-state index in [1.807, 2.05) is 13.8 Å². The molecule has 4 aromatic rings. The van der Waals surface area contributed by atoms with Crippen LogP contribution in [0, 0.1) is 50.8 Å². The number of nitrogens with zero attached hydrogens (tertiary/aromatic N) is 5. The quantitative estimate of drug-likeness (QED) is 0.0770. The molecule has 4 heterocycles. The van der Waals surface area contributed by atoms with Crippen LogP contribution in [0.4, 0.5) is 16.2 Å². The summed E-state index contributed by atoms with van der Waals surface area (Å²) >= 11 is 1.46. The number of pyridine rings is 1. The second-order valence-electron chi connectivity index (χ2n) is 7.23. The van der Waals surface area contributed by atoms with Crippen molar-refractivity contribution in [3.05, 3.63) is 71.4 Å². The van der Waals surface area contributed by atoms with Crippen LogP contribution in [0.5, 0.6) is 0 Å². The molecule has 210 valence electrons. The Morgan fingerprint density at radius 1 is 1.10 bits per heavy atom. The first-order valence-corrected chi connectivity index (χ1v) is 12.4. The predicted octanol–water partition coefficient (Wildman–Crippen LogP) is 4.64. The smallest absolute Gasteiger partial charge is 0.240 e. The number of nitrogens with one attached hydrogen (secondary N) is 4. The van der Waals surface area contributed by atoms with E-state index in [2.05, 4.69) is 59.1 Å². The summed E-state index contributed by atoms with van der Waals surface area (Å²) in [6.07, 6.45) is 6.46. The van der Waals surface area contributed by atoms with Crippen LogP contribution < -0.4 is 21.9 Å². The van der Waals surface area contributed by atoms with Gasteiger partial charge in [-0.2, -0.15) is 9.97 Å². The van der Waals surface area contributed by atoms with Gasteiger partial charge in [-0.15, -0.1) is 0 Å². The minimum absolute atomic E-state index is 0. The molecule has 4 rings (SSSR count). The van der Waals surface area contributed by atoms with Gasteiger partial charge in [0.05, 0.1) is 28.6 Å². The predicted molar refractivity (Wildman–Crippen MR) is 150 cm³/mol. The Labute approximate surface area is 313 Å². The molecule has 0 aliphatic carbocycles. The second kappa shape index (κ2) is 22.1. The normalized spacial score (nSPS) is 9.50. The molecule has 0 atom stereocenters. The first kappa shape index (κ1) is 41.6. The van der Waals surface area contributed by atoms with Crippen molar-refractivity contribution in [1.82, 2.24) is 35.2 Å². The molecule has 11 nitrogen and oxygen atoms in total. The third-order valence-electron chi connectivity index (χ3n) is 4.95. The minimum atomic E-state index is -0.390. The number of hydrogen-bond acceptors (Lipinski definition) is 10. The van der Waals surface area contributed by atoms with Crippen LogP contribution in [0.3, 0.4) is 0 Å². The van der Waals surface area contributed by atoms with Crippen molar-refractivity contribution in [1.29, 1.82) is 0 Å². The van der Waals surface area contributed by atoms with E-state index in [1.54, 1.807) is 24.4 Å². The number of fused-ring (bicyclic) bond motifs is 1. The summed E-state index contributed by atoms with van der Waals surface area (Å²) in [4.78, 5) is 25.9. The Morgan fingerprint density at radius 2 is 1.82 bits per heavy atom. The Hall–Kier alpha value is -0.546. The maximum atomic E-state index is 13.9. The van der Waals surface area contributed by atoms with E-state index in [1.165, 1.54) is 17.4 Å². The van der Waals surface area contributed by atoms with Crippen molar-refractivity contribution < 1.29 is 103 Å². The summed E-state index contributed by atoms with van der Waals surface area (Å²) in [5.41, 5.74) is 5.04. The van der Waals surface area contributed by atoms with Crippen LogP contribution in [0.2, 0.25) is 0 Å². The Morgan fingerprint density at radius 3 is 2.45 bits per heavy atom.